The summed E-state index contributed by atoms with van der Waals surface area (Å²) in [5.74, 6) is 6.33. The predicted octanol–water partition coefficient (Wildman–Crippen LogP) is 2.11. The number of aromatic nitrogens is 2. The van der Waals surface area contributed by atoms with Gasteiger partial charge in [-0.15, -0.1) is 16.1 Å². The second-order valence-electron chi connectivity index (χ2n) is 2.70. The maximum absolute atomic E-state index is 5.06. The third-order valence-electron chi connectivity index (χ3n) is 1.76. The number of hydrogen-bond donors (Lipinski definition) is 0. The number of nitrogens with zero attached hydrogens (tertiary/aromatic N) is 2. The molecule has 0 saturated heterocycles. The quantitative estimate of drug-likeness (QED) is 0.637. The highest BCUT2D eigenvalue weighted by Gasteiger charge is 2.01. The van der Waals surface area contributed by atoms with Crippen LogP contribution in [0.1, 0.15) is 12.5 Å². The first-order chi connectivity index (χ1) is 6.90. The summed E-state index contributed by atoms with van der Waals surface area (Å²) in [5, 5.41) is 7.42. The van der Waals surface area contributed by atoms with Crippen LogP contribution in [0.3, 0.4) is 0 Å². The maximum Gasteiger partial charge on any atom is 0.247 e. The molecule has 1 heterocycles. The summed E-state index contributed by atoms with van der Waals surface area (Å²) in [6, 6.07) is 7.67. The van der Waals surface area contributed by atoms with Crippen LogP contribution in [0.2, 0.25) is 0 Å². The van der Waals surface area contributed by atoms with E-state index in [2.05, 4.69) is 22.0 Å². The molecule has 0 radical (unpaired) electrons. The van der Waals surface area contributed by atoms with E-state index >= 15 is 0 Å². The summed E-state index contributed by atoms with van der Waals surface area (Å²) in [6.45, 7) is 1.81. The molecular weight excluding hydrogens is 176 g/mol. The van der Waals surface area contributed by atoms with E-state index in [0.29, 0.717) is 5.89 Å². The van der Waals surface area contributed by atoms with E-state index in [9.17, 15) is 0 Å². The van der Waals surface area contributed by atoms with Gasteiger partial charge in [0.25, 0.3) is 0 Å². The van der Waals surface area contributed by atoms with Gasteiger partial charge in [0, 0.05) is 11.1 Å². The Morgan fingerprint density at radius 3 is 2.57 bits per heavy atom. The van der Waals surface area contributed by atoms with E-state index in [0.717, 1.165) is 11.1 Å². The van der Waals surface area contributed by atoms with Crippen molar-refractivity contribution in [1.82, 2.24) is 10.2 Å². The molecule has 0 spiro atoms. The fraction of sp³-hybridized carbons (Fsp3) is 0.0909. The molecule has 0 amide bonds. The highest BCUT2D eigenvalue weighted by atomic mass is 16.4. The summed E-state index contributed by atoms with van der Waals surface area (Å²) < 4.78 is 5.06. The molecule has 1 aromatic carbocycles. The Hall–Kier alpha value is -2.08. The maximum atomic E-state index is 5.06. The molecule has 0 bridgehead atoms. The van der Waals surface area contributed by atoms with Crippen LogP contribution in [0, 0.1) is 11.8 Å². The molecule has 0 atom stereocenters. The third-order valence-corrected chi connectivity index (χ3v) is 1.76. The molecule has 0 fully saturated rings. The van der Waals surface area contributed by atoms with Crippen LogP contribution in [0.5, 0.6) is 0 Å². The zero-order valence-electron chi connectivity index (χ0n) is 7.69. The summed E-state index contributed by atoms with van der Waals surface area (Å²) in [4.78, 5) is 0. The molecule has 0 aliphatic heterocycles. The molecule has 68 valence electrons. The minimum absolute atomic E-state index is 0.529. The molecule has 0 unspecified atom stereocenters. The fourth-order valence-corrected chi connectivity index (χ4v) is 1.14. The minimum atomic E-state index is 0.529. The molecule has 3 heteroatoms. The first-order valence-electron chi connectivity index (χ1n) is 4.19. The van der Waals surface area contributed by atoms with Gasteiger partial charge in [0.1, 0.15) is 0 Å². The van der Waals surface area contributed by atoms with E-state index in [-0.39, 0.29) is 0 Å². The first-order valence-corrected chi connectivity index (χ1v) is 4.19. The summed E-state index contributed by atoms with van der Waals surface area (Å²) >= 11 is 0. The van der Waals surface area contributed by atoms with Gasteiger partial charge >= 0.3 is 0 Å². The normalized spacial score (nSPS) is 9.21. The highest BCUT2D eigenvalue weighted by Crippen LogP contribution is 2.15. The van der Waals surface area contributed by atoms with Gasteiger partial charge in [-0.25, -0.2) is 0 Å². The van der Waals surface area contributed by atoms with Gasteiger partial charge in [-0.3, -0.25) is 0 Å². The molecule has 0 aliphatic carbocycles. The smallest absolute Gasteiger partial charge is 0.247 e. The van der Waals surface area contributed by atoms with Crippen molar-refractivity contribution >= 4 is 0 Å². The molecule has 0 aliphatic rings. The molecule has 1 aromatic heterocycles. The van der Waals surface area contributed by atoms with Crippen LogP contribution >= 0.6 is 0 Å². The monoisotopic (exact) mass is 184 g/mol. The van der Waals surface area contributed by atoms with Crippen molar-refractivity contribution in [3.63, 3.8) is 0 Å². The van der Waals surface area contributed by atoms with Crippen LogP contribution in [-0.2, 0) is 0 Å². The lowest BCUT2D eigenvalue weighted by atomic mass is 10.1. The molecule has 0 N–H and O–H groups in total. The molecule has 2 aromatic rings. The lowest BCUT2D eigenvalue weighted by Gasteiger charge is -1.93. The van der Waals surface area contributed by atoms with Crippen molar-refractivity contribution in [2.75, 3.05) is 0 Å². The lowest BCUT2D eigenvalue weighted by molar-refractivity contribution is 0.568. The van der Waals surface area contributed by atoms with Gasteiger partial charge in [-0.1, -0.05) is 5.92 Å². The van der Waals surface area contributed by atoms with Gasteiger partial charge in [0.05, 0.1) is 0 Å². The van der Waals surface area contributed by atoms with E-state index in [1.165, 1.54) is 6.39 Å². The fourth-order valence-electron chi connectivity index (χ4n) is 1.14. The summed E-state index contributed by atoms with van der Waals surface area (Å²) in [6.07, 6.45) is 1.31. The molecule has 14 heavy (non-hydrogen) atoms. The Morgan fingerprint density at radius 1 is 1.21 bits per heavy atom. The van der Waals surface area contributed by atoms with E-state index in [1.807, 2.05) is 31.2 Å². The van der Waals surface area contributed by atoms with Crippen LogP contribution in [0.4, 0.5) is 0 Å². The molecule has 2 rings (SSSR count). The molecule has 0 saturated carbocycles. The number of rotatable bonds is 1. The van der Waals surface area contributed by atoms with Crippen molar-refractivity contribution < 1.29 is 4.42 Å². The van der Waals surface area contributed by atoms with E-state index in [1.54, 1.807) is 0 Å². The van der Waals surface area contributed by atoms with Crippen molar-refractivity contribution in [3.8, 4) is 23.3 Å². The SMILES string of the molecule is CC#Cc1ccc(-c2nnco2)cc1. The summed E-state index contributed by atoms with van der Waals surface area (Å²) in [7, 11) is 0. The van der Waals surface area contributed by atoms with Gasteiger partial charge in [0.15, 0.2) is 0 Å². The average molecular weight is 184 g/mol. The van der Waals surface area contributed by atoms with E-state index in [4.69, 9.17) is 4.42 Å². The predicted molar refractivity (Wildman–Crippen MR) is 52.3 cm³/mol. The van der Waals surface area contributed by atoms with Crippen LogP contribution in [-0.4, -0.2) is 10.2 Å². The largest absolute Gasteiger partial charge is 0.423 e. The number of benzene rings is 1. The van der Waals surface area contributed by atoms with Crippen LogP contribution in [0.25, 0.3) is 11.5 Å². The van der Waals surface area contributed by atoms with Crippen LogP contribution in [0.15, 0.2) is 35.1 Å². The molecule has 3 nitrogen and oxygen atoms in total. The van der Waals surface area contributed by atoms with Crippen LogP contribution < -0.4 is 0 Å². The Morgan fingerprint density at radius 2 is 2.00 bits per heavy atom. The lowest BCUT2D eigenvalue weighted by Crippen LogP contribution is -1.79. The highest BCUT2D eigenvalue weighted by molar-refractivity contribution is 5.54. The first kappa shape index (κ1) is 8.52. The minimum Gasteiger partial charge on any atom is -0.423 e. The average Bonchev–Trinajstić information content (AvgIpc) is 2.72. The zero-order valence-corrected chi connectivity index (χ0v) is 7.69. The Balaban J connectivity index is 2.34. The Kier molecular flexibility index (Phi) is 2.28. The van der Waals surface area contributed by atoms with Gasteiger partial charge < -0.3 is 4.42 Å². The second kappa shape index (κ2) is 3.75. The van der Waals surface area contributed by atoms with Crippen molar-refractivity contribution in [1.29, 1.82) is 0 Å². The zero-order chi connectivity index (χ0) is 9.80. The number of hydrogen-bond acceptors (Lipinski definition) is 3. The standard InChI is InChI=1S/C11H8N2O/c1-2-3-9-4-6-10(7-5-9)11-13-12-8-14-11/h4-8H,1H3. The second-order valence-corrected chi connectivity index (χ2v) is 2.70. The van der Waals surface area contributed by atoms with Gasteiger partial charge in [-0.05, 0) is 31.2 Å². The Labute approximate surface area is 81.8 Å². The van der Waals surface area contributed by atoms with Gasteiger partial charge in [0.2, 0.25) is 12.3 Å². The van der Waals surface area contributed by atoms with Crippen molar-refractivity contribution in [2.24, 2.45) is 0 Å². The van der Waals surface area contributed by atoms with Gasteiger partial charge in [-0.2, -0.15) is 0 Å². The topological polar surface area (TPSA) is 38.9 Å². The van der Waals surface area contributed by atoms with Crippen molar-refractivity contribution in [3.05, 3.63) is 36.2 Å². The third kappa shape index (κ3) is 1.64. The van der Waals surface area contributed by atoms with Crippen molar-refractivity contribution in [2.45, 2.75) is 6.92 Å². The summed E-state index contributed by atoms with van der Waals surface area (Å²) in [5.41, 5.74) is 1.89. The Bertz CT molecular complexity index is 460. The van der Waals surface area contributed by atoms with E-state index < -0.39 is 0 Å². The molecular formula is C11H8N2O.